The van der Waals surface area contributed by atoms with Crippen molar-refractivity contribution < 1.29 is 9.53 Å². The highest BCUT2D eigenvalue weighted by molar-refractivity contribution is 7.99. The van der Waals surface area contributed by atoms with Crippen molar-refractivity contribution in [1.82, 2.24) is 25.1 Å². The van der Waals surface area contributed by atoms with Gasteiger partial charge < -0.3 is 10.1 Å². The van der Waals surface area contributed by atoms with Gasteiger partial charge in [0.05, 0.1) is 12.3 Å². The van der Waals surface area contributed by atoms with Crippen molar-refractivity contribution in [2.75, 3.05) is 12.3 Å². The summed E-state index contributed by atoms with van der Waals surface area (Å²) in [5.41, 5.74) is 1.93. The minimum atomic E-state index is -0.0279. The molecule has 1 aliphatic rings. The molecule has 8 heteroatoms. The van der Waals surface area contributed by atoms with Gasteiger partial charge in [-0.3, -0.25) is 4.79 Å². The van der Waals surface area contributed by atoms with Gasteiger partial charge in [-0.05, 0) is 43.5 Å². The minimum Gasteiger partial charge on any atom is -0.488 e. The third-order valence-electron chi connectivity index (χ3n) is 4.27. The second-order valence-corrected chi connectivity index (χ2v) is 7.16. The summed E-state index contributed by atoms with van der Waals surface area (Å²) >= 11 is 1.39. The molecule has 4 rings (SSSR count). The summed E-state index contributed by atoms with van der Waals surface area (Å²) in [5, 5.41) is 16.1. The number of ether oxygens (including phenoxy) is 1. The first-order chi connectivity index (χ1) is 12.7. The van der Waals surface area contributed by atoms with E-state index in [2.05, 4.69) is 26.7 Å². The maximum atomic E-state index is 12.1. The Bertz CT molecular complexity index is 942. The first-order valence-corrected chi connectivity index (χ1v) is 9.51. The van der Waals surface area contributed by atoms with Crippen LogP contribution in [0.4, 0.5) is 0 Å². The monoisotopic (exact) mass is 369 g/mol. The normalized spacial score (nSPS) is 16.1. The number of aromatic nitrogens is 4. The average Bonchev–Trinajstić information content (AvgIpc) is 3.05. The van der Waals surface area contributed by atoms with E-state index in [1.807, 2.05) is 37.3 Å². The maximum Gasteiger partial charge on any atom is 0.230 e. The molecule has 0 spiro atoms. The number of nitrogens with zero attached hydrogens (tertiary/aromatic N) is 4. The van der Waals surface area contributed by atoms with E-state index in [4.69, 9.17) is 4.74 Å². The van der Waals surface area contributed by atoms with Crippen molar-refractivity contribution in [3.63, 3.8) is 0 Å². The number of thioether (sulfide) groups is 1. The molecule has 1 amide bonds. The smallest absolute Gasteiger partial charge is 0.230 e. The number of carbonyl (C=O) groups excluding carboxylic acids is 1. The number of nitrogens with one attached hydrogen (secondary N) is 1. The van der Waals surface area contributed by atoms with Crippen LogP contribution in [-0.4, -0.2) is 44.1 Å². The number of aryl methyl sites for hydroxylation is 2. The first kappa shape index (κ1) is 16.8. The number of hydrogen-bond acceptors (Lipinski definition) is 6. The highest BCUT2D eigenvalue weighted by Gasteiger charge is 2.19. The van der Waals surface area contributed by atoms with Crippen molar-refractivity contribution in [3.05, 3.63) is 47.8 Å². The maximum absolute atomic E-state index is 12.1. The van der Waals surface area contributed by atoms with E-state index < -0.39 is 0 Å². The Morgan fingerprint density at radius 1 is 1.31 bits per heavy atom. The zero-order valence-corrected chi connectivity index (χ0v) is 15.2. The third-order valence-corrected chi connectivity index (χ3v) is 5.19. The quantitative estimate of drug-likeness (QED) is 0.693. The number of rotatable bonds is 5. The molecule has 0 saturated carbocycles. The number of fused-ring (bicyclic) bond motifs is 2. The van der Waals surface area contributed by atoms with Crippen molar-refractivity contribution in [1.29, 1.82) is 0 Å². The molecule has 3 aromatic rings. The highest BCUT2D eigenvalue weighted by atomic mass is 32.2. The summed E-state index contributed by atoms with van der Waals surface area (Å²) in [6.45, 7) is 2.36. The Morgan fingerprint density at radius 2 is 2.19 bits per heavy atom. The molecule has 3 heterocycles. The second-order valence-electron chi connectivity index (χ2n) is 6.17. The summed E-state index contributed by atoms with van der Waals surface area (Å²) in [7, 11) is 0. The predicted molar refractivity (Wildman–Crippen MR) is 98.4 cm³/mol. The van der Waals surface area contributed by atoms with Gasteiger partial charge in [0.2, 0.25) is 5.91 Å². The molecule has 1 aromatic carbocycles. The summed E-state index contributed by atoms with van der Waals surface area (Å²) in [4.78, 5) is 12.1. The Balaban J connectivity index is 1.27. The Kier molecular flexibility index (Phi) is 4.75. The molecule has 0 bridgehead atoms. The molecule has 26 heavy (non-hydrogen) atoms. The minimum absolute atomic E-state index is 0.0213. The fraction of sp³-hybridized carbons (Fsp3) is 0.333. The lowest BCUT2D eigenvalue weighted by Crippen LogP contribution is -2.38. The zero-order chi connectivity index (χ0) is 17.9. The standard InChI is InChI=1S/C18H19N5O2S/c1-12-20-21-16-8-9-18(22-23(12)16)26-11-17(24)19-10-14-7-6-13-4-2-3-5-15(13)25-14/h2-5,8-9,14H,6-7,10-11H2,1H3,(H,19,24)/t14-/m1/s1. The van der Waals surface area contributed by atoms with Crippen molar-refractivity contribution in [2.45, 2.75) is 30.9 Å². The fourth-order valence-electron chi connectivity index (χ4n) is 2.90. The number of hydrogen-bond donors (Lipinski definition) is 1. The van der Waals surface area contributed by atoms with E-state index in [-0.39, 0.29) is 12.0 Å². The molecule has 1 aliphatic heterocycles. The summed E-state index contributed by atoms with van der Waals surface area (Å²) in [6.07, 6.45) is 1.91. The van der Waals surface area contributed by atoms with E-state index in [1.165, 1.54) is 17.3 Å². The molecule has 0 radical (unpaired) electrons. The predicted octanol–water partition coefficient (Wildman–Crippen LogP) is 2.03. The summed E-state index contributed by atoms with van der Waals surface area (Å²) in [5.74, 6) is 1.93. The van der Waals surface area contributed by atoms with Crippen LogP contribution in [0.1, 0.15) is 17.8 Å². The molecule has 1 N–H and O–H groups in total. The van der Waals surface area contributed by atoms with E-state index in [0.717, 1.165) is 29.4 Å². The Hall–Kier alpha value is -2.61. The van der Waals surface area contributed by atoms with Crippen LogP contribution in [0.25, 0.3) is 5.65 Å². The van der Waals surface area contributed by atoms with Gasteiger partial charge in [0, 0.05) is 0 Å². The second kappa shape index (κ2) is 7.33. The van der Waals surface area contributed by atoms with Gasteiger partial charge in [-0.15, -0.1) is 10.2 Å². The van der Waals surface area contributed by atoms with Gasteiger partial charge in [-0.2, -0.15) is 9.61 Å². The van der Waals surface area contributed by atoms with E-state index in [9.17, 15) is 4.79 Å². The van der Waals surface area contributed by atoms with Crippen LogP contribution in [0, 0.1) is 6.92 Å². The molecule has 0 fully saturated rings. The lowest BCUT2D eigenvalue weighted by molar-refractivity contribution is -0.118. The fourth-order valence-corrected chi connectivity index (χ4v) is 3.58. The van der Waals surface area contributed by atoms with Crippen LogP contribution in [-0.2, 0) is 11.2 Å². The topological polar surface area (TPSA) is 81.4 Å². The molecule has 0 saturated heterocycles. The highest BCUT2D eigenvalue weighted by Crippen LogP contribution is 2.26. The molecule has 134 valence electrons. The molecule has 7 nitrogen and oxygen atoms in total. The van der Waals surface area contributed by atoms with Gasteiger partial charge in [0.25, 0.3) is 0 Å². The number of benzene rings is 1. The van der Waals surface area contributed by atoms with Crippen LogP contribution >= 0.6 is 11.8 Å². The SMILES string of the molecule is Cc1nnc2ccc(SCC(=O)NC[C@H]3CCc4ccccc4O3)nn12. The van der Waals surface area contributed by atoms with Crippen molar-refractivity contribution in [3.8, 4) is 5.75 Å². The van der Waals surface area contributed by atoms with Crippen LogP contribution in [0.15, 0.2) is 41.4 Å². The van der Waals surface area contributed by atoms with Gasteiger partial charge in [-0.25, -0.2) is 0 Å². The van der Waals surface area contributed by atoms with Crippen LogP contribution in [0.5, 0.6) is 5.75 Å². The number of carbonyl (C=O) groups is 1. The molecule has 2 aromatic heterocycles. The number of amides is 1. The zero-order valence-electron chi connectivity index (χ0n) is 14.4. The average molecular weight is 369 g/mol. The van der Waals surface area contributed by atoms with Crippen LogP contribution in [0.2, 0.25) is 0 Å². The van der Waals surface area contributed by atoms with Gasteiger partial charge >= 0.3 is 0 Å². The van der Waals surface area contributed by atoms with Crippen LogP contribution < -0.4 is 10.1 Å². The third kappa shape index (κ3) is 3.65. The van der Waals surface area contributed by atoms with Crippen molar-refractivity contribution in [2.24, 2.45) is 0 Å². The Morgan fingerprint density at radius 3 is 3.12 bits per heavy atom. The van der Waals surface area contributed by atoms with E-state index in [0.29, 0.717) is 17.9 Å². The largest absolute Gasteiger partial charge is 0.488 e. The summed E-state index contributed by atoms with van der Waals surface area (Å²) < 4.78 is 7.62. The molecular formula is C18H19N5O2S. The van der Waals surface area contributed by atoms with Gasteiger partial charge in [0.1, 0.15) is 16.9 Å². The summed E-state index contributed by atoms with van der Waals surface area (Å²) in [6, 6.07) is 11.8. The van der Waals surface area contributed by atoms with Crippen LogP contribution in [0.3, 0.4) is 0 Å². The number of para-hydroxylation sites is 1. The molecule has 1 atom stereocenters. The lowest BCUT2D eigenvalue weighted by atomic mass is 10.0. The van der Waals surface area contributed by atoms with Gasteiger partial charge in [0.15, 0.2) is 11.5 Å². The molecule has 0 unspecified atom stereocenters. The Labute approximate surface area is 155 Å². The first-order valence-electron chi connectivity index (χ1n) is 8.52. The molecular weight excluding hydrogens is 350 g/mol. The molecule has 0 aliphatic carbocycles. The lowest BCUT2D eigenvalue weighted by Gasteiger charge is -2.26. The van der Waals surface area contributed by atoms with E-state index in [1.54, 1.807) is 4.52 Å². The van der Waals surface area contributed by atoms with Crippen molar-refractivity contribution >= 4 is 23.3 Å². The van der Waals surface area contributed by atoms with E-state index >= 15 is 0 Å². The van der Waals surface area contributed by atoms with Gasteiger partial charge in [-0.1, -0.05) is 30.0 Å².